The molecule has 0 aromatic carbocycles. The van der Waals surface area contributed by atoms with Gasteiger partial charge in [0.2, 0.25) is 0 Å². The lowest BCUT2D eigenvalue weighted by molar-refractivity contribution is 0.0693. The summed E-state index contributed by atoms with van der Waals surface area (Å²) < 4.78 is 30.2. The standard InChI is InChI=1S/C9H12F2N2O3/c1-16-3-2-7-6(9(14)15)4-12-13(7)5-8(10)11/h4,8H,2-3,5H2,1H3,(H,14,15). The molecule has 0 saturated carbocycles. The van der Waals surface area contributed by atoms with E-state index in [0.717, 1.165) is 10.9 Å². The van der Waals surface area contributed by atoms with Crippen LogP contribution in [-0.4, -0.2) is 41.0 Å². The minimum atomic E-state index is -2.57. The first-order chi connectivity index (χ1) is 7.56. The Morgan fingerprint density at radius 3 is 2.88 bits per heavy atom. The number of ether oxygens (including phenoxy) is 1. The average molecular weight is 234 g/mol. The van der Waals surface area contributed by atoms with Crippen molar-refractivity contribution < 1.29 is 23.4 Å². The molecule has 90 valence electrons. The largest absolute Gasteiger partial charge is 0.478 e. The minimum Gasteiger partial charge on any atom is -0.478 e. The molecule has 0 saturated heterocycles. The van der Waals surface area contributed by atoms with E-state index >= 15 is 0 Å². The van der Waals surface area contributed by atoms with E-state index in [1.807, 2.05) is 0 Å². The summed E-state index contributed by atoms with van der Waals surface area (Å²) in [4.78, 5) is 10.8. The predicted molar refractivity (Wildman–Crippen MR) is 50.8 cm³/mol. The van der Waals surface area contributed by atoms with Gasteiger partial charge in [0.05, 0.1) is 18.5 Å². The van der Waals surface area contributed by atoms with E-state index < -0.39 is 18.9 Å². The molecule has 0 atom stereocenters. The normalized spacial score (nSPS) is 11.0. The van der Waals surface area contributed by atoms with Crippen molar-refractivity contribution in [1.29, 1.82) is 0 Å². The third-order valence-electron chi connectivity index (χ3n) is 2.03. The number of methoxy groups -OCH3 is 1. The van der Waals surface area contributed by atoms with Gasteiger partial charge in [-0.15, -0.1) is 0 Å². The van der Waals surface area contributed by atoms with Crippen LogP contribution in [0, 0.1) is 0 Å². The molecule has 0 spiro atoms. The topological polar surface area (TPSA) is 64.3 Å². The molecule has 0 aliphatic heterocycles. The van der Waals surface area contributed by atoms with Crippen LogP contribution in [0.1, 0.15) is 16.1 Å². The van der Waals surface area contributed by atoms with Crippen molar-refractivity contribution in [2.75, 3.05) is 13.7 Å². The van der Waals surface area contributed by atoms with Gasteiger partial charge in [0.15, 0.2) is 0 Å². The van der Waals surface area contributed by atoms with E-state index in [0.29, 0.717) is 0 Å². The quantitative estimate of drug-likeness (QED) is 0.798. The Morgan fingerprint density at radius 2 is 2.38 bits per heavy atom. The van der Waals surface area contributed by atoms with E-state index in [1.165, 1.54) is 7.11 Å². The van der Waals surface area contributed by atoms with Gasteiger partial charge in [-0.3, -0.25) is 4.68 Å². The molecule has 0 fully saturated rings. The first-order valence-electron chi connectivity index (χ1n) is 4.61. The number of carbonyl (C=O) groups is 1. The van der Waals surface area contributed by atoms with E-state index in [-0.39, 0.29) is 24.3 Å². The van der Waals surface area contributed by atoms with Crippen LogP contribution in [0.25, 0.3) is 0 Å². The Kier molecular flexibility index (Phi) is 4.36. The molecule has 1 N–H and O–H groups in total. The van der Waals surface area contributed by atoms with E-state index in [9.17, 15) is 13.6 Å². The Bertz CT molecular complexity index is 366. The molecular weight excluding hydrogens is 222 g/mol. The fraction of sp³-hybridized carbons (Fsp3) is 0.556. The first kappa shape index (κ1) is 12.6. The molecule has 0 radical (unpaired) electrons. The van der Waals surface area contributed by atoms with E-state index in [1.54, 1.807) is 0 Å². The maximum atomic E-state index is 12.2. The Morgan fingerprint density at radius 1 is 1.69 bits per heavy atom. The fourth-order valence-corrected chi connectivity index (χ4v) is 1.34. The van der Waals surface area contributed by atoms with Gasteiger partial charge in [0.25, 0.3) is 6.43 Å². The maximum absolute atomic E-state index is 12.2. The monoisotopic (exact) mass is 234 g/mol. The number of carboxylic acids is 1. The zero-order valence-corrected chi connectivity index (χ0v) is 8.69. The molecule has 1 heterocycles. The van der Waals surface area contributed by atoms with Gasteiger partial charge in [-0.2, -0.15) is 5.10 Å². The van der Waals surface area contributed by atoms with Crippen LogP contribution in [-0.2, 0) is 17.7 Å². The van der Waals surface area contributed by atoms with Crippen molar-refractivity contribution in [2.45, 2.75) is 19.4 Å². The molecule has 1 aromatic heterocycles. The van der Waals surface area contributed by atoms with E-state index in [2.05, 4.69) is 5.10 Å². The number of alkyl halides is 2. The summed E-state index contributed by atoms with van der Waals surface area (Å²) in [6, 6.07) is 0. The lowest BCUT2D eigenvalue weighted by Gasteiger charge is -2.07. The average Bonchev–Trinajstić information content (AvgIpc) is 2.57. The SMILES string of the molecule is COCCc1c(C(=O)O)cnn1CC(F)F. The summed E-state index contributed by atoms with van der Waals surface area (Å²) in [7, 11) is 1.45. The summed E-state index contributed by atoms with van der Waals surface area (Å²) in [5.74, 6) is -1.17. The van der Waals surface area contributed by atoms with Gasteiger partial charge >= 0.3 is 5.97 Å². The highest BCUT2D eigenvalue weighted by Gasteiger charge is 2.18. The summed E-state index contributed by atoms with van der Waals surface area (Å²) in [5, 5.41) is 12.5. The molecule has 0 aliphatic carbocycles. The zero-order chi connectivity index (χ0) is 12.1. The van der Waals surface area contributed by atoms with Gasteiger partial charge in [-0.25, -0.2) is 13.6 Å². The molecule has 7 heteroatoms. The van der Waals surface area contributed by atoms with Gasteiger partial charge in [0.1, 0.15) is 12.1 Å². The number of nitrogens with zero attached hydrogens (tertiary/aromatic N) is 2. The van der Waals surface area contributed by atoms with Crippen molar-refractivity contribution in [1.82, 2.24) is 9.78 Å². The molecule has 0 amide bonds. The molecular formula is C9H12F2N2O3. The summed E-state index contributed by atoms with van der Waals surface area (Å²) in [5.41, 5.74) is 0.201. The number of aromatic carboxylic acids is 1. The molecule has 0 bridgehead atoms. The van der Waals surface area contributed by atoms with Crippen molar-refractivity contribution in [3.8, 4) is 0 Å². The van der Waals surface area contributed by atoms with Crippen LogP contribution in [0.2, 0.25) is 0 Å². The van der Waals surface area contributed by atoms with Gasteiger partial charge < -0.3 is 9.84 Å². The van der Waals surface area contributed by atoms with Crippen LogP contribution < -0.4 is 0 Å². The van der Waals surface area contributed by atoms with E-state index in [4.69, 9.17) is 9.84 Å². The van der Waals surface area contributed by atoms with Gasteiger partial charge in [-0.05, 0) is 0 Å². The highest BCUT2D eigenvalue weighted by Crippen LogP contribution is 2.11. The maximum Gasteiger partial charge on any atom is 0.339 e. The van der Waals surface area contributed by atoms with Crippen LogP contribution in [0.15, 0.2) is 6.20 Å². The zero-order valence-electron chi connectivity index (χ0n) is 8.69. The lowest BCUT2D eigenvalue weighted by atomic mass is 10.2. The number of hydrogen-bond donors (Lipinski definition) is 1. The van der Waals surface area contributed by atoms with Crippen molar-refractivity contribution in [3.63, 3.8) is 0 Å². The second-order valence-corrected chi connectivity index (χ2v) is 3.13. The Balaban J connectivity index is 2.94. The van der Waals surface area contributed by atoms with Crippen LogP contribution in [0.3, 0.4) is 0 Å². The van der Waals surface area contributed by atoms with Crippen molar-refractivity contribution in [3.05, 3.63) is 17.5 Å². The molecule has 1 aromatic rings. The number of carboxylic acid groups (broad SMARTS) is 1. The number of aromatic nitrogens is 2. The van der Waals surface area contributed by atoms with Crippen molar-refractivity contribution in [2.24, 2.45) is 0 Å². The lowest BCUT2D eigenvalue weighted by Crippen LogP contribution is -2.14. The van der Waals surface area contributed by atoms with Gasteiger partial charge in [-0.1, -0.05) is 0 Å². The highest BCUT2D eigenvalue weighted by atomic mass is 19.3. The molecule has 0 aliphatic rings. The second kappa shape index (κ2) is 5.55. The van der Waals surface area contributed by atoms with Gasteiger partial charge in [0, 0.05) is 13.5 Å². The number of rotatable bonds is 6. The minimum absolute atomic E-state index is 0.0577. The summed E-state index contributed by atoms with van der Waals surface area (Å²) >= 11 is 0. The fourth-order valence-electron chi connectivity index (χ4n) is 1.34. The summed E-state index contributed by atoms with van der Waals surface area (Å²) in [6.45, 7) is -0.346. The third kappa shape index (κ3) is 2.99. The molecule has 5 nitrogen and oxygen atoms in total. The van der Waals surface area contributed by atoms with Crippen LogP contribution >= 0.6 is 0 Å². The Hall–Kier alpha value is -1.50. The Labute approximate surface area is 90.6 Å². The molecule has 16 heavy (non-hydrogen) atoms. The molecule has 1 rings (SSSR count). The number of halogens is 2. The second-order valence-electron chi connectivity index (χ2n) is 3.13. The number of hydrogen-bond acceptors (Lipinski definition) is 3. The van der Waals surface area contributed by atoms with Crippen LogP contribution in [0.5, 0.6) is 0 Å². The predicted octanol–water partition coefficient (Wildman–Crippen LogP) is 1.04. The van der Waals surface area contributed by atoms with Crippen molar-refractivity contribution >= 4 is 5.97 Å². The molecule has 0 unspecified atom stereocenters. The first-order valence-corrected chi connectivity index (χ1v) is 4.61. The highest BCUT2D eigenvalue weighted by molar-refractivity contribution is 5.88. The smallest absolute Gasteiger partial charge is 0.339 e. The summed E-state index contributed by atoms with van der Waals surface area (Å²) in [6.07, 6.45) is -1.25. The third-order valence-corrected chi connectivity index (χ3v) is 2.03. The van der Waals surface area contributed by atoms with Crippen LogP contribution in [0.4, 0.5) is 8.78 Å².